The van der Waals surface area contributed by atoms with Gasteiger partial charge < -0.3 is 8.89 Å². The highest BCUT2D eigenvalue weighted by molar-refractivity contribution is 6.92. The van der Waals surface area contributed by atoms with Gasteiger partial charge in [0.2, 0.25) is 8.32 Å². The quantitative estimate of drug-likeness (QED) is 0.145. The van der Waals surface area contributed by atoms with Gasteiger partial charge in [-0.15, -0.1) is 0 Å². The van der Waals surface area contributed by atoms with Gasteiger partial charge in [-0.25, -0.2) is 0 Å². The fourth-order valence-electron chi connectivity index (χ4n) is 5.18. The van der Waals surface area contributed by atoms with Gasteiger partial charge in [0.25, 0.3) is 8.68 Å². The van der Waals surface area contributed by atoms with Crippen LogP contribution in [0.25, 0.3) is 12.2 Å². The molecule has 4 aromatic rings. The Morgan fingerprint density at radius 2 is 1.05 bits per heavy atom. The molecule has 230 valence electrons. The third kappa shape index (κ3) is 11.4. The van der Waals surface area contributed by atoms with Gasteiger partial charge in [0.05, 0.1) is 0 Å². The molecule has 0 aromatic heterocycles. The first kappa shape index (κ1) is 35.3. The maximum atomic E-state index is 9.63. The van der Waals surface area contributed by atoms with Crippen molar-refractivity contribution in [1.82, 2.24) is 0 Å². The Balaban J connectivity index is 0.00000124. The highest BCUT2D eigenvalue weighted by atomic mass is 28.4. The summed E-state index contributed by atoms with van der Waals surface area (Å²) in [5, 5.41) is 2.80. The lowest BCUT2D eigenvalue weighted by molar-refractivity contribution is 0.271. The summed E-state index contributed by atoms with van der Waals surface area (Å²) in [7, 11) is -5.10. The normalized spacial score (nSPS) is 13.3. The molecule has 0 radical (unpaired) electrons. The van der Waals surface area contributed by atoms with E-state index in [0.717, 1.165) is 12.8 Å². The van der Waals surface area contributed by atoms with Crippen molar-refractivity contribution in [2.24, 2.45) is 0 Å². The van der Waals surface area contributed by atoms with E-state index >= 15 is 0 Å². The minimum atomic E-state index is -2.07. The Morgan fingerprint density at radius 3 is 1.52 bits per heavy atom. The molecule has 0 amide bonds. The number of allylic oxidation sites excluding steroid dienone is 1. The highest BCUT2D eigenvalue weighted by Crippen LogP contribution is 2.23. The summed E-state index contributed by atoms with van der Waals surface area (Å²) >= 11 is 0. The van der Waals surface area contributed by atoms with E-state index in [2.05, 4.69) is 173 Å². The standard InChI is InChI=1S/C37H44OSi2.C2H6OSi/c1-31(34-20-9-6-10-21-34)17-15-18-32-27-29-33(30-28-32)19-16-26-37(39(2,3)35-22-11-7-12-23-35)38-40(4,5)36-24-13-8-14-25-36;1-4(2)3/h6-16,18-25,27-31,37H,17,26H2,1-5H3;1-2H3/b18-15-,19-16-;. The van der Waals surface area contributed by atoms with Gasteiger partial charge in [-0.3, -0.25) is 0 Å². The molecule has 0 saturated heterocycles. The van der Waals surface area contributed by atoms with Crippen LogP contribution in [0.1, 0.15) is 42.4 Å². The molecule has 0 bridgehead atoms. The van der Waals surface area contributed by atoms with Crippen LogP contribution in [0.15, 0.2) is 127 Å². The van der Waals surface area contributed by atoms with E-state index in [0.29, 0.717) is 5.92 Å². The Labute approximate surface area is 270 Å². The molecular weight excluding hydrogens is 585 g/mol. The molecule has 0 aliphatic heterocycles. The van der Waals surface area contributed by atoms with E-state index in [1.165, 1.54) is 27.1 Å². The number of rotatable bonds is 12. The first-order chi connectivity index (χ1) is 21.0. The molecule has 0 fully saturated rings. The number of benzene rings is 4. The molecule has 0 spiro atoms. The second kappa shape index (κ2) is 17.3. The Kier molecular flexibility index (Phi) is 13.9. The van der Waals surface area contributed by atoms with Gasteiger partial charge in [0, 0.05) is 5.73 Å². The zero-order valence-electron chi connectivity index (χ0n) is 27.7. The minimum Gasteiger partial charge on any atom is -0.412 e. The van der Waals surface area contributed by atoms with E-state index in [-0.39, 0.29) is 5.73 Å². The summed E-state index contributed by atoms with van der Waals surface area (Å²) in [5.74, 6) is 0.522. The monoisotopic (exact) mass is 634 g/mol. The second-order valence-corrected chi connectivity index (χ2v) is 23.0. The predicted molar refractivity (Wildman–Crippen MR) is 199 cm³/mol. The average molecular weight is 635 g/mol. The molecule has 0 N–H and O–H groups in total. The molecule has 5 heteroatoms. The molecule has 0 heterocycles. The van der Waals surface area contributed by atoms with Crippen molar-refractivity contribution < 1.29 is 8.89 Å². The largest absolute Gasteiger partial charge is 0.412 e. The molecule has 0 aliphatic carbocycles. The van der Waals surface area contributed by atoms with Crippen LogP contribution in [0, 0.1) is 0 Å². The van der Waals surface area contributed by atoms with E-state index in [4.69, 9.17) is 4.43 Å². The lowest BCUT2D eigenvalue weighted by Crippen LogP contribution is -2.59. The minimum absolute atomic E-state index is 0.196. The molecule has 0 aliphatic rings. The molecule has 2 atom stereocenters. The molecule has 2 nitrogen and oxygen atoms in total. The number of hydrogen-bond acceptors (Lipinski definition) is 2. The van der Waals surface area contributed by atoms with Crippen LogP contribution in [0.2, 0.25) is 39.3 Å². The fourth-order valence-corrected chi connectivity index (χ4v) is 11.3. The van der Waals surface area contributed by atoms with E-state index in [9.17, 15) is 4.46 Å². The van der Waals surface area contributed by atoms with E-state index < -0.39 is 25.1 Å². The van der Waals surface area contributed by atoms with Crippen molar-refractivity contribution in [3.63, 3.8) is 0 Å². The van der Waals surface area contributed by atoms with Crippen LogP contribution in [0.4, 0.5) is 0 Å². The van der Waals surface area contributed by atoms with Crippen LogP contribution < -0.4 is 10.4 Å². The zero-order valence-corrected chi connectivity index (χ0v) is 30.7. The summed E-state index contributed by atoms with van der Waals surface area (Å²) in [6, 6.07) is 41.4. The third-order valence-corrected chi connectivity index (χ3v) is 14.6. The van der Waals surface area contributed by atoms with Crippen molar-refractivity contribution in [3.8, 4) is 0 Å². The van der Waals surface area contributed by atoms with Gasteiger partial charge in [-0.2, -0.15) is 0 Å². The summed E-state index contributed by atoms with van der Waals surface area (Å²) in [6.07, 6.45) is 11.1. The summed E-state index contributed by atoms with van der Waals surface area (Å²) < 4.78 is 16.8. The average Bonchev–Trinajstić information content (AvgIpc) is 3.02. The van der Waals surface area contributed by atoms with Crippen LogP contribution in [0.5, 0.6) is 0 Å². The van der Waals surface area contributed by atoms with Gasteiger partial charge in [-0.1, -0.05) is 165 Å². The SMILES string of the molecule is CC(C/C=C\c1ccc(/C=C\CC(O[Si](C)(C)c2ccccc2)[Si](C)(C)c2ccccc2)cc1)c1ccccc1.C[Si](C)=O. The van der Waals surface area contributed by atoms with Gasteiger partial charge in [-0.05, 0) is 66.8 Å². The number of hydrogen-bond donors (Lipinski definition) is 0. The first-order valence-corrected chi connectivity index (χ1v) is 24.1. The molecule has 0 saturated carbocycles. The van der Waals surface area contributed by atoms with Crippen molar-refractivity contribution in [1.29, 1.82) is 0 Å². The van der Waals surface area contributed by atoms with Crippen LogP contribution in [-0.4, -0.2) is 30.8 Å². The Bertz CT molecular complexity index is 1460. The molecule has 2 unspecified atom stereocenters. The molecule has 4 rings (SSSR count). The molecule has 4 aromatic carbocycles. The fraction of sp³-hybridized carbons (Fsp3) is 0.282. The van der Waals surface area contributed by atoms with E-state index in [1.807, 2.05) is 0 Å². The Morgan fingerprint density at radius 1 is 0.636 bits per heavy atom. The van der Waals surface area contributed by atoms with Crippen LogP contribution in [0.3, 0.4) is 0 Å². The maximum absolute atomic E-state index is 9.63. The highest BCUT2D eigenvalue weighted by Gasteiger charge is 2.39. The zero-order chi connectivity index (χ0) is 32.0. The lowest BCUT2D eigenvalue weighted by atomic mass is 9.97. The van der Waals surface area contributed by atoms with Gasteiger partial charge >= 0.3 is 0 Å². The Hall–Kier alpha value is -3.23. The summed E-state index contributed by atoms with van der Waals surface area (Å²) in [5.41, 5.74) is 4.06. The van der Waals surface area contributed by atoms with Crippen molar-refractivity contribution in [2.75, 3.05) is 0 Å². The predicted octanol–water partition coefficient (Wildman–Crippen LogP) is 9.62. The topological polar surface area (TPSA) is 26.3 Å². The van der Waals surface area contributed by atoms with Crippen molar-refractivity contribution in [3.05, 3.63) is 144 Å². The second-order valence-electron chi connectivity index (χ2n) is 12.7. The summed E-state index contributed by atoms with van der Waals surface area (Å²) in [6.45, 7) is 15.3. The third-order valence-electron chi connectivity index (χ3n) is 7.99. The lowest BCUT2D eigenvalue weighted by Gasteiger charge is -2.38. The molecule has 44 heavy (non-hydrogen) atoms. The van der Waals surface area contributed by atoms with Crippen LogP contribution in [-0.2, 0) is 8.89 Å². The van der Waals surface area contributed by atoms with Gasteiger partial charge in [0.1, 0.15) is 8.07 Å². The first-order valence-electron chi connectivity index (χ1n) is 15.7. The van der Waals surface area contributed by atoms with Crippen molar-refractivity contribution >= 4 is 47.6 Å². The van der Waals surface area contributed by atoms with Crippen molar-refractivity contribution in [2.45, 2.75) is 70.7 Å². The van der Waals surface area contributed by atoms with Gasteiger partial charge in [0.15, 0.2) is 0 Å². The van der Waals surface area contributed by atoms with Crippen LogP contribution >= 0.6 is 0 Å². The van der Waals surface area contributed by atoms with E-state index in [1.54, 1.807) is 13.1 Å². The smallest absolute Gasteiger partial charge is 0.270 e. The molecular formula is C39H50O2Si3. The summed E-state index contributed by atoms with van der Waals surface area (Å²) in [4.78, 5) is 0. The maximum Gasteiger partial charge on any atom is 0.270 e.